The van der Waals surface area contributed by atoms with Crippen molar-refractivity contribution in [1.29, 1.82) is 0 Å². The molecule has 0 aliphatic carbocycles. The molecule has 0 heterocycles. The molecule has 0 N–H and O–H groups in total. The van der Waals surface area contributed by atoms with Gasteiger partial charge in [0.15, 0.2) is 0 Å². The zero-order valence-electron chi connectivity index (χ0n) is 5.02. The van der Waals surface area contributed by atoms with Gasteiger partial charge in [0.1, 0.15) is 6.61 Å². The van der Waals surface area contributed by atoms with Crippen LogP contribution in [-0.2, 0) is 4.74 Å². The molecule has 0 rings (SSSR count). The van der Waals surface area contributed by atoms with Crippen LogP contribution in [0.2, 0.25) is 0 Å². The summed E-state index contributed by atoms with van der Waals surface area (Å²) >= 11 is 0. The van der Waals surface area contributed by atoms with Gasteiger partial charge in [-0.15, -0.1) is 0 Å². The predicted octanol–water partition coefficient (Wildman–Crippen LogP) is 0.969. The summed E-state index contributed by atoms with van der Waals surface area (Å²) in [6.07, 6.45) is -2.38. The molecular formula is C5H9F2NO. The highest BCUT2D eigenvalue weighted by Crippen LogP contribution is 1.91. The van der Waals surface area contributed by atoms with Crippen LogP contribution in [0.1, 0.15) is 0 Å². The van der Waals surface area contributed by atoms with Crippen molar-refractivity contribution in [3.8, 4) is 0 Å². The second kappa shape index (κ2) is 5.62. The van der Waals surface area contributed by atoms with Gasteiger partial charge >= 0.3 is 0 Å². The van der Waals surface area contributed by atoms with E-state index in [-0.39, 0.29) is 6.61 Å². The molecule has 0 aliphatic rings. The zero-order valence-corrected chi connectivity index (χ0v) is 5.02. The first kappa shape index (κ1) is 8.49. The molecule has 9 heavy (non-hydrogen) atoms. The van der Waals surface area contributed by atoms with Crippen molar-refractivity contribution in [1.82, 2.24) is 0 Å². The summed E-state index contributed by atoms with van der Waals surface area (Å²) in [5.74, 6) is 0. The molecule has 2 nitrogen and oxygen atoms in total. The highest BCUT2D eigenvalue weighted by Gasteiger charge is 1.99. The summed E-state index contributed by atoms with van der Waals surface area (Å²) < 4.78 is 27.0. The van der Waals surface area contributed by atoms with Gasteiger partial charge in [0.2, 0.25) is 0 Å². The Morgan fingerprint density at radius 1 is 1.56 bits per heavy atom. The van der Waals surface area contributed by atoms with Crippen LogP contribution in [0, 0.1) is 0 Å². The second-order valence-electron chi connectivity index (χ2n) is 1.41. The number of alkyl halides is 2. The summed E-state index contributed by atoms with van der Waals surface area (Å²) in [5.41, 5.74) is 0. The smallest absolute Gasteiger partial charge is 0.261 e. The topological polar surface area (TPSA) is 21.6 Å². The molecule has 0 fully saturated rings. The van der Waals surface area contributed by atoms with Gasteiger partial charge in [0.05, 0.1) is 13.2 Å². The third-order valence-corrected chi connectivity index (χ3v) is 0.638. The number of ether oxygens (including phenoxy) is 1. The van der Waals surface area contributed by atoms with E-state index in [2.05, 4.69) is 16.4 Å². The van der Waals surface area contributed by atoms with E-state index in [0.29, 0.717) is 6.54 Å². The SMILES string of the molecule is C=NCCOCC(F)F. The number of aliphatic imine (C=N–C) groups is 1. The van der Waals surface area contributed by atoms with E-state index >= 15 is 0 Å². The van der Waals surface area contributed by atoms with Crippen molar-refractivity contribution in [2.45, 2.75) is 6.43 Å². The summed E-state index contributed by atoms with van der Waals surface area (Å²) in [5, 5.41) is 0. The third-order valence-electron chi connectivity index (χ3n) is 0.638. The van der Waals surface area contributed by atoms with Crippen LogP contribution in [-0.4, -0.2) is 32.9 Å². The quantitative estimate of drug-likeness (QED) is 0.408. The van der Waals surface area contributed by atoms with Crippen LogP contribution in [0.5, 0.6) is 0 Å². The number of halogens is 2. The van der Waals surface area contributed by atoms with E-state index in [9.17, 15) is 8.78 Å². The van der Waals surface area contributed by atoms with Gasteiger partial charge in [-0.25, -0.2) is 8.78 Å². The van der Waals surface area contributed by atoms with Gasteiger partial charge in [-0.1, -0.05) is 0 Å². The average molecular weight is 137 g/mol. The van der Waals surface area contributed by atoms with Gasteiger partial charge < -0.3 is 4.74 Å². The minimum absolute atomic E-state index is 0.230. The first-order valence-electron chi connectivity index (χ1n) is 2.55. The molecule has 0 unspecified atom stereocenters. The lowest BCUT2D eigenvalue weighted by atomic mass is 10.7. The number of hydrogen-bond donors (Lipinski definition) is 0. The van der Waals surface area contributed by atoms with Crippen molar-refractivity contribution in [3.63, 3.8) is 0 Å². The van der Waals surface area contributed by atoms with Gasteiger partial charge in [0, 0.05) is 0 Å². The molecule has 0 aromatic heterocycles. The lowest BCUT2D eigenvalue weighted by Crippen LogP contribution is -2.06. The Balaban J connectivity index is 2.82. The van der Waals surface area contributed by atoms with E-state index in [1.54, 1.807) is 0 Å². The largest absolute Gasteiger partial charge is 0.374 e. The van der Waals surface area contributed by atoms with E-state index in [1.807, 2.05) is 0 Å². The van der Waals surface area contributed by atoms with Crippen molar-refractivity contribution in [2.75, 3.05) is 19.8 Å². The lowest BCUT2D eigenvalue weighted by Gasteiger charge is -1.98. The van der Waals surface area contributed by atoms with Crippen LogP contribution >= 0.6 is 0 Å². The molecule has 0 aromatic rings. The molecule has 0 aromatic carbocycles. The summed E-state index contributed by atoms with van der Waals surface area (Å²) in [4.78, 5) is 3.41. The van der Waals surface area contributed by atoms with E-state index in [0.717, 1.165) is 0 Å². The fraction of sp³-hybridized carbons (Fsp3) is 0.800. The van der Waals surface area contributed by atoms with E-state index in [4.69, 9.17) is 0 Å². The Kier molecular flexibility index (Phi) is 5.30. The fourth-order valence-corrected chi connectivity index (χ4v) is 0.302. The highest BCUT2D eigenvalue weighted by atomic mass is 19.3. The molecule has 54 valence electrons. The molecule has 0 atom stereocenters. The van der Waals surface area contributed by atoms with E-state index in [1.165, 1.54) is 0 Å². The Bertz CT molecular complexity index is 77.4. The van der Waals surface area contributed by atoms with Crippen molar-refractivity contribution < 1.29 is 13.5 Å². The molecule has 0 aliphatic heterocycles. The number of rotatable bonds is 5. The predicted molar refractivity (Wildman–Crippen MR) is 31.2 cm³/mol. The standard InChI is InChI=1S/C5H9F2NO/c1-8-2-3-9-4-5(6)7/h5H,1-4H2. The van der Waals surface area contributed by atoms with Crippen molar-refractivity contribution in [3.05, 3.63) is 0 Å². The van der Waals surface area contributed by atoms with Gasteiger partial charge in [-0.2, -0.15) is 0 Å². The van der Waals surface area contributed by atoms with Gasteiger partial charge in [0.25, 0.3) is 6.43 Å². The Morgan fingerprint density at radius 2 is 2.22 bits per heavy atom. The van der Waals surface area contributed by atoms with Crippen LogP contribution in [0.25, 0.3) is 0 Å². The zero-order chi connectivity index (χ0) is 7.11. The highest BCUT2D eigenvalue weighted by molar-refractivity contribution is 5.22. The first-order chi connectivity index (χ1) is 4.27. The molecule has 4 heteroatoms. The Labute approximate surface area is 52.5 Å². The number of hydrogen-bond acceptors (Lipinski definition) is 2. The molecule has 0 saturated carbocycles. The van der Waals surface area contributed by atoms with Crippen LogP contribution in [0.15, 0.2) is 4.99 Å². The lowest BCUT2D eigenvalue weighted by molar-refractivity contribution is 0.0207. The van der Waals surface area contributed by atoms with Crippen molar-refractivity contribution >= 4 is 6.72 Å². The van der Waals surface area contributed by atoms with Gasteiger partial charge in [-0.3, -0.25) is 4.99 Å². The third kappa shape index (κ3) is 7.49. The fourth-order valence-electron chi connectivity index (χ4n) is 0.302. The molecule has 0 radical (unpaired) electrons. The normalized spacial score (nSPS) is 10.1. The summed E-state index contributed by atoms with van der Waals surface area (Å²) in [6.45, 7) is 3.27. The summed E-state index contributed by atoms with van der Waals surface area (Å²) in [6, 6.07) is 0. The summed E-state index contributed by atoms with van der Waals surface area (Å²) in [7, 11) is 0. The number of nitrogens with zero attached hydrogens (tertiary/aromatic N) is 1. The Hall–Kier alpha value is -0.510. The maximum Gasteiger partial charge on any atom is 0.261 e. The molecule has 0 saturated heterocycles. The second-order valence-corrected chi connectivity index (χ2v) is 1.41. The van der Waals surface area contributed by atoms with Crippen molar-refractivity contribution in [2.24, 2.45) is 4.99 Å². The maximum atomic E-state index is 11.3. The molecular weight excluding hydrogens is 128 g/mol. The molecule has 0 spiro atoms. The average Bonchev–Trinajstić information content (AvgIpc) is 1.80. The van der Waals surface area contributed by atoms with Gasteiger partial charge in [-0.05, 0) is 6.72 Å². The monoisotopic (exact) mass is 137 g/mol. The van der Waals surface area contributed by atoms with Crippen LogP contribution in [0.3, 0.4) is 0 Å². The molecule has 0 amide bonds. The molecule has 0 bridgehead atoms. The van der Waals surface area contributed by atoms with Crippen LogP contribution in [0.4, 0.5) is 8.78 Å². The minimum Gasteiger partial charge on any atom is -0.374 e. The minimum atomic E-state index is -2.38. The van der Waals surface area contributed by atoms with E-state index < -0.39 is 13.0 Å². The Morgan fingerprint density at radius 3 is 2.67 bits per heavy atom. The maximum absolute atomic E-state index is 11.3. The first-order valence-corrected chi connectivity index (χ1v) is 2.55. The van der Waals surface area contributed by atoms with Crippen LogP contribution < -0.4 is 0 Å².